The molecular formula is C47H26F3N5. The van der Waals surface area contributed by atoms with E-state index in [1.54, 1.807) is 25.1 Å². The van der Waals surface area contributed by atoms with Crippen molar-refractivity contribution in [2.45, 2.75) is 13.1 Å². The summed E-state index contributed by atoms with van der Waals surface area (Å²) in [4.78, 5) is 3.67. The first-order valence-corrected chi connectivity index (χ1v) is 17.4. The summed E-state index contributed by atoms with van der Waals surface area (Å²) in [5.41, 5.74) is 8.98. The molecule has 0 saturated heterocycles. The summed E-state index contributed by atoms with van der Waals surface area (Å²) in [6.45, 7) is 9.32. The van der Waals surface area contributed by atoms with Gasteiger partial charge in [-0.3, -0.25) is 0 Å². The predicted octanol–water partition coefficient (Wildman–Crippen LogP) is 12.8. The maximum absolute atomic E-state index is 13.9. The van der Waals surface area contributed by atoms with Crippen LogP contribution in [0.1, 0.15) is 22.3 Å². The lowest BCUT2D eigenvalue weighted by atomic mass is 9.89. The fraction of sp³-hybridized carbons (Fsp3) is 0.0426. The van der Waals surface area contributed by atoms with Crippen LogP contribution in [0.15, 0.2) is 140 Å². The van der Waals surface area contributed by atoms with E-state index in [4.69, 9.17) is 6.57 Å². The number of aromatic nitrogens is 2. The lowest BCUT2D eigenvalue weighted by Gasteiger charge is -2.20. The second-order valence-electron chi connectivity index (χ2n) is 13.5. The molecule has 8 heteroatoms. The van der Waals surface area contributed by atoms with Crippen molar-refractivity contribution in [3.8, 4) is 45.8 Å². The van der Waals surface area contributed by atoms with Crippen molar-refractivity contribution in [2.75, 3.05) is 0 Å². The van der Waals surface area contributed by atoms with Crippen LogP contribution in [0.5, 0.6) is 0 Å². The van der Waals surface area contributed by atoms with E-state index in [0.717, 1.165) is 61.1 Å². The third-order valence-electron chi connectivity index (χ3n) is 10.3. The molecule has 0 unspecified atom stereocenters. The van der Waals surface area contributed by atoms with E-state index in [-0.39, 0.29) is 0 Å². The van der Waals surface area contributed by atoms with E-state index in [2.05, 4.69) is 26.1 Å². The third-order valence-corrected chi connectivity index (χ3v) is 10.3. The number of rotatable bonds is 4. The van der Waals surface area contributed by atoms with Gasteiger partial charge < -0.3 is 9.13 Å². The zero-order valence-corrected chi connectivity index (χ0v) is 29.1. The number of hydrogen-bond donors (Lipinski definition) is 0. The molecule has 9 rings (SSSR count). The number of alkyl halides is 3. The Morgan fingerprint density at radius 1 is 0.545 bits per heavy atom. The molecule has 0 radical (unpaired) electrons. The van der Waals surface area contributed by atoms with Gasteiger partial charge in [-0.1, -0.05) is 54.6 Å². The van der Waals surface area contributed by atoms with Gasteiger partial charge in [0.15, 0.2) is 5.69 Å². The summed E-state index contributed by atoms with van der Waals surface area (Å²) in [6.07, 6.45) is -4.50. The number of benzene rings is 7. The van der Waals surface area contributed by atoms with Gasteiger partial charge in [0, 0.05) is 27.4 Å². The molecule has 0 spiro atoms. The highest BCUT2D eigenvalue weighted by molar-refractivity contribution is 6.12. The highest BCUT2D eigenvalue weighted by atomic mass is 19.4. The van der Waals surface area contributed by atoms with E-state index in [1.165, 1.54) is 12.1 Å². The molecule has 7 aromatic carbocycles. The SMILES string of the molecule is [C-]#[N+]c1ccc2c(c1)c1ccccc1n2-c1ccc(-c2ccc(C(F)(F)F)cc2C)c(-c2cc(C#N)ccc2-n2c3ccccc3c3cc(C#N)ccc32)c1. The molecule has 2 heterocycles. The van der Waals surface area contributed by atoms with E-state index >= 15 is 0 Å². The van der Waals surface area contributed by atoms with Crippen LogP contribution in [-0.2, 0) is 6.18 Å². The molecule has 0 N–H and O–H groups in total. The standard InChI is InChI=1S/C47H26F3N5/c1-28-21-31(47(48,49)50)13-16-34(28)35-17-15-33(54-42-9-5-3-8-37(42)41-24-32(53-2)14-20-44(41)54)25-38(35)40-23-30(27-52)12-19-46(40)55-43-10-6-4-7-36(43)39-22-29(26-51)11-18-45(39)55/h3-25H,1H3. The van der Waals surface area contributed by atoms with Crippen molar-refractivity contribution in [3.05, 3.63) is 173 Å². The van der Waals surface area contributed by atoms with Gasteiger partial charge in [-0.2, -0.15) is 23.7 Å². The van der Waals surface area contributed by atoms with Gasteiger partial charge >= 0.3 is 6.18 Å². The summed E-state index contributed by atoms with van der Waals surface area (Å²) in [5, 5.41) is 23.7. The van der Waals surface area contributed by atoms with Gasteiger partial charge in [-0.05, 0) is 119 Å². The van der Waals surface area contributed by atoms with Gasteiger partial charge in [0.05, 0.1) is 63.2 Å². The Morgan fingerprint density at radius 3 is 1.84 bits per heavy atom. The van der Waals surface area contributed by atoms with Gasteiger partial charge in [-0.15, -0.1) is 0 Å². The Bertz CT molecular complexity index is 3200. The summed E-state index contributed by atoms with van der Waals surface area (Å²) in [5.74, 6) is 0. The van der Waals surface area contributed by atoms with Crippen LogP contribution in [0.2, 0.25) is 0 Å². The zero-order chi connectivity index (χ0) is 38.0. The number of fused-ring (bicyclic) bond motifs is 6. The lowest BCUT2D eigenvalue weighted by Crippen LogP contribution is -2.05. The molecule has 0 aliphatic rings. The number of nitrogens with zero attached hydrogens (tertiary/aromatic N) is 5. The topological polar surface area (TPSA) is 61.8 Å². The Morgan fingerprint density at radius 2 is 1.15 bits per heavy atom. The fourth-order valence-corrected chi connectivity index (χ4v) is 7.90. The van der Waals surface area contributed by atoms with Crippen molar-refractivity contribution < 1.29 is 13.2 Å². The monoisotopic (exact) mass is 717 g/mol. The van der Waals surface area contributed by atoms with Crippen LogP contribution in [0, 0.1) is 36.2 Å². The van der Waals surface area contributed by atoms with Gasteiger partial charge in [0.25, 0.3) is 0 Å². The minimum absolute atomic E-state index is 0.412. The summed E-state index contributed by atoms with van der Waals surface area (Å²) in [6, 6.07) is 46.8. The minimum atomic E-state index is -4.50. The summed E-state index contributed by atoms with van der Waals surface area (Å²) >= 11 is 0. The predicted molar refractivity (Wildman–Crippen MR) is 211 cm³/mol. The molecule has 0 amide bonds. The summed E-state index contributed by atoms with van der Waals surface area (Å²) < 4.78 is 45.9. The average molecular weight is 718 g/mol. The van der Waals surface area contributed by atoms with Gasteiger partial charge in [0.1, 0.15) is 0 Å². The molecule has 9 aromatic rings. The molecule has 2 aromatic heterocycles. The number of aryl methyl sites for hydroxylation is 1. The van der Waals surface area contributed by atoms with Crippen LogP contribution in [-0.4, -0.2) is 9.13 Å². The molecule has 55 heavy (non-hydrogen) atoms. The van der Waals surface area contributed by atoms with Crippen molar-refractivity contribution >= 4 is 49.3 Å². The average Bonchev–Trinajstić information content (AvgIpc) is 3.72. The smallest absolute Gasteiger partial charge is 0.309 e. The highest BCUT2D eigenvalue weighted by Crippen LogP contribution is 2.44. The highest BCUT2D eigenvalue weighted by Gasteiger charge is 2.31. The maximum atomic E-state index is 13.9. The maximum Gasteiger partial charge on any atom is 0.416 e. The summed E-state index contributed by atoms with van der Waals surface area (Å²) in [7, 11) is 0. The molecule has 0 saturated carbocycles. The van der Waals surface area contributed by atoms with Crippen molar-refractivity contribution in [2.24, 2.45) is 0 Å². The van der Waals surface area contributed by atoms with Crippen molar-refractivity contribution in [3.63, 3.8) is 0 Å². The number of nitriles is 2. The first-order valence-electron chi connectivity index (χ1n) is 17.4. The number of halogens is 3. The van der Waals surface area contributed by atoms with Crippen LogP contribution < -0.4 is 0 Å². The Kier molecular flexibility index (Phi) is 7.57. The molecule has 5 nitrogen and oxygen atoms in total. The van der Waals surface area contributed by atoms with Gasteiger partial charge in [-0.25, -0.2) is 4.85 Å². The molecule has 0 aliphatic heterocycles. The first kappa shape index (κ1) is 33.3. The zero-order valence-electron chi connectivity index (χ0n) is 29.1. The molecular weight excluding hydrogens is 692 g/mol. The number of hydrogen-bond acceptors (Lipinski definition) is 2. The van der Waals surface area contributed by atoms with Crippen LogP contribution in [0.25, 0.3) is 82.1 Å². The second-order valence-corrected chi connectivity index (χ2v) is 13.5. The number of para-hydroxylation sites is 2. The molecule has 0 atom stereocenters. The van der Waals surface area contributed by atoms with Crippen molar-refractivity contribution in [1.29, 1.82) is 10.5 Å². The van der Waals surface area contributed by atoms with Crippen LogP contribution in [0.4, 0.5) is 18.9 Å². The Balaban J connectivity index is 1.40. The molecule has 0 fully saturated rings. The van der Waals surface area contributed by atoms with Gasteiger partial charge in [0.2, 0.25) is 0 Å². The van der Waals surface area contributed by atoms with E-state index < -0.39 is 11.7 Å². The molecule has 0 bridgehead atoms. The molecule has 260 valence electrons. The minimum Gasteiger partial charge on any atom is -0.309 e. The second kappa shape index (κ2) is 12.5. The Labute approximate surface area is 313 Å². The van der Waals surface area contributed by atoms with E-state index in [9.17, 15) is 23.7 Å². The normalized spacial score (nSPS) is 11.6. The van der Waals surface area contributed by atoms with Crippen LogP contribution >= 0.6 is 0 Å². The van der Waals surface area contributed by atoms with E-state index in [0.29, 0.717) is 44.6 Å². The molecule has 0 aliphatic carbocycles. The first-order chi connectivity index (χ1) is 26.7. The third kappa shape index (κ3) is 5.30. The lowest BCUT2D eigenvalue weighted by molar-refractivity contribution is -0.137. The largest absolute Gasteiger partial charge is 0.416 e. The fourth-order valence-electron chi connectivity index (χ4n) is 7.90. The van der Waals surface area contributed by atoms with Crippen molar-refractivity contribution in [1.82, 2.24) is 9.13 Å². The van der Waals surface area contributed by atoms with Crippen LogP contribution in [0.3, 0.4) is 0 Å². The van der Waals surface area contributed by atoms with E-state index in [1.807, 2.05) is 103 Å². The quantitative estimate of drug-likeness (QED) is 0.170. The Hall–Kier alpha value is -7.60.